The van der Waals surface area contributed by atoms with Crippen LogP contribution in [0.25, 0.3) is 6.08 Å². The van der Waals surface area contributed by atoms with Gasteiger partial charge in [-0.25, -0.2) is 5.43 Å². The molecule has 0 fully saturated rings. The summed E-state index contributed by atoms with van der Waals surface area (Å²) in [6.45, 7) is 1.85. The lowest BCUT2D eigenvalue weighted by Gasteiger charge is -1.97. The quantitative estimate of drug-likeness (QED) is 0.521. The standard InChI is InChI=1S/C15H13N3O3S/c1-11-8-10-22-14(11)15(19)17-16-9-4-6-12-5-2-3-7-13(12)18(20)21/h2-10H,1H3,(H,17,19)/b6-4+,16-9+. The van der Waals surface area contributed by atoms with Crippen LogP contribution in [0.2, 0.25) is 0 Å². The van der Waals surface area contributed by atoms with Crippen molar-refractivity contribution in [2.45, 2.75) is 6.92 Å². The van der Waals surface area contributed by atoms with E-state index in [0.29, 0.717) is 10.4 Å². The molecule has 0 unspecified atom stereocenters. The summed E-state index contributed by atoms with van der Waals surface area (Å²) in [4.78, 5) is 22.8. The van der Waals surface area contributed by atoms with Crippen molar-refractivity contribution in [2.24, 2.45) is 5.10 Å². The highest BCUT2D eigenvalue weighted by Crippen LogP contribution is 2.18. The fourth-order valence-electron chi connectivity index (χ4n) is 1.74. The highest BCUT2D eigenvalue weighted by atomic mass is 32.1. The van der Waals surface area contributed by atoms with Crippen LogP contribution in [0.1, 0.15) is 20.8 Å². The Hall–Kier alpha value is -2.80. The Labute approximate surface area is 130 Å². The number of amides is 1. The number of para-hydroxylation sites is 1. The molecule has 0 saturated carbocycles. The van der Waals surface area contributed by atoms with Gasteiger partial charge >= 0.3 is 0 Å². The first kappa shape index (κ1) is 15.6. The zero-order chi connectivity index (χ0) is 15.9. The van der Waals surface area contributed by atoms with Gasteiger partial charge in [0.2, 0.25) is 0 Å². The van der Waals surface area contributed by atoms with Crippen LogP contribution in [0.5, 0.6) is 0 Å². The maximum absolute atomic E-state index is 11.8. The number of allylic oxidation sites excluding steroid dienone is 1. The number of nitrogens with one attached hydrogen (secondary N) is 1. The molecule has 0 aliphatic carbocycles. The maximum atomic E-state index is 11.8. The molecule has 1 amide bonds. The molecule has 7 heteroatoms. The van der Waals surface area contributed by atoms with E-state index < -0.39 is 4.92 Å². The third-order valence-corrected chi connectivity index (χ3v) is 3.82. The Bertz CT molecular complexity index is 750. The van der Waals surface area contributed by atoms with Gasteiger partial charge in [0, 0.05) is 12.3 Å². The molecule has 6 nitrogen and oxygen atoms in total. The number of rotatable bonds is 5. The van der Waals surface area contributed by atoms with Gasteiger partial charge in [-0.05, 0) is 42.2 Å². The molecule has 1 aromatic heterocycles. The Morgan fingerprint density at radius 1 is 1.36 bits per heavy atom. The molecular weight excluding hydrogens is 302 g/mol. The number of thiophene rings is 1. The van der Waals surface area contributed by atoms with Crippen molar-refractivity contribution in [1.29, 1.82) is 0 Å². The van der Waals surface area contributed by atoms with E-state index in [1.807, 2.05) is 18.4 Å². The topological polar surface area (TPSA) is 84.6 Å². The fraction of sp³-hybridized carbons (Fsp3) is 0.0667. The smallest absolute Gasteiger partial charge is 0.266 e. The molecule has 0 atom stereocenters. The summed E-state index contributed by atoms with van der Waals surface area (Å²) in [5.74, 6) is -0.275. The van der Waals surface area contributed by atoms with E-state index in [1.165, 1.54) is 29.7 Å². The molecule has 0 radical (unpaired) electrons. The number of carbonyl (C=O) groups is 1. The van der Waals surface area contributed by atoms with Gasteiger partial charge in [-0.1, -0.05) is 12.1 Å². The maximum Gasteiger partial charge on any atom is 0.281 e. The second-order valence-corrected chi connectivity index (χ2v) is 5.24. The van der Waals surface area contributed by atoms with Gasteiger partial charge in [-0.3, -0.25) is 14.9 Å². The number of benzene rings is 1. The predicted molar refractivity (Wildman–Crippen MR) is 87.1 cm³/mol. The number of aryl methyl sites for hydroxylation is 1. The normalized spacial score (nSPS) is 11.1. The average Bonchev–Trinajstić information content (AvgIpc) is 2.93. The van der Waals surface area contributed by atoms with Crippen molar-refractivity contribution in [3.05, 3.63) is 67.9 Å². The third kappa shape index (κ3) is 3.86. The minimum Gasteiger partial charge on any atom is -0.266 e. The van der Waals surface area contributed by atoms with Gasteiger partial charge < -0.3 is 0 Å². The van der Waals surface area contributed by atoms with Crippen molar-refractivity contribution >= 4 is 35.2 Å². The summed E-state index contributed by atoms with van der Waals surface area (Å²) in [5.41, 5.74) is 3.79. The van der Waals surface area contributed by atoms with Crippen LogP contribution in [-0.4, -0.2) is 17.0 Å². The lowest BCUT2D eigenvalue weighted by atomic mass is 10.2. The summed E-state index contributed by atoms with van der Waals surface area (Å²) in [6, 6.07) is 8.24. The first-order valence-electron chi connectivity index (χ1n) is 6.37. The van der Waals surface area contributed by atoms with Crippen molar-refractivity contribution < 1.29 is 9.72 Å². The summed E-state index contributed by atoms with van der Waals surface area (Å²) < 4.78 is 0. The SMILES string of the molecule is Cc1ccsc1C(=O)N/N=C/C=C/c1ccccc1[N+](=O)[O-]. The minimum atomic E-state index is -0.446. The summed E-state index contributed by atoms with van der Waals surface area (Å²) >= 11 is 1.34. The first-order valence-corrected chi connectivity index (χ1v) is 7.25. The minimum absolute atomic E-state index is 0.0189. The lowest BCUT2D eigenvalue weighted by Crippen LogP contribution is -2.16. The molecule has 22 heavy (non-hydrogen) atoms. The second-order valence-electron chi connectivity index (χ2n) is 4.33. The zero-order valence-electron chi connectivity index (χ0n) is 11.7. The number of nitro groups is 1. The van der Waals surface area contributed by atoms with Gasteiger partial charge in [-0.15, -0.1) is 11.3 Å². The van der Waals surface area contributed by atoms with E-state index >= 15 is 0 Å². The fourth-order valence-corrected chi connectivity index (χ4v) is 2.55. The van der Waals surface area contributed by atoms with Crippen LogP contribution in [0, 0.1) is 17.0 Å². The van der Waals surface area contributed by atoms with E-state index in [0.717, 1.165) is 5.56 Å². The second kappa shape index (κ2) is 7.28. The molecular formula is C15H13N3O3S. The molecule has 0 aliphatic rings. The Morgan fingerprint density at radius 3 is 2.82 bits per heavy atom. The largest absolute Gasteiger partial charge is 0.281 e. The number of hydrogen-bond donors (Lipinski definition) is 1. The number of nitrogens with zero attached hydrogens (tertiary/aromatic N) is 2. The van der Waals surface area contributed by atoms with E-state index in [1.54, 1.807) is 24.3 Å². The first-order chi connectivity index (χ1) is 10.6. The Morgan fingerprint density at radius 2 is 2.14 bits per heavy atom. The van der Waals surface area contributed by atoms with Crippen LogP contribution in [0.15, 0.2) is 46.9 Å². The van der Waals surface area contributed by atoms with E-state index in [4.69, 9.17) is 0 Å². The van der Waals surface area contributed by atoms with E-state index in [-0.39, 0.29) is 11.6 Å². The lowest BCUT2D eigenvalue weighted by molar-refractivity contribution is -0.385. The Kier molecular flexibility index (Phi) is 5.16. The molecule has 0 saturated heterocycles. The van der Waals surface area contributed by atoms with Gasteiger partial charge in [0.1, 0.15) is 0 Å². The van der Waals surface area contributed by atoms with Crippen LogP contribution in [0.4, 0.5) is 5.69 Å². The highest BCUT2D eigenvalue weighted by Gasteiger charge is 2.09. The molecule has 112 valence electrons. The predicted octanol–water partition coefficient (Wildman–Crippen LogP) is 3.39. The van der Waals surface area contributed by atoms with Crippen LogP contribution >= 0.6 is 11.3 Å². The van der Waals surface area contributed by atoms with E-state index in [9.17, 15) is 14.9 Å². The van der Waals surface area contributed by atoms with Crippen molar-refractivity contribution in [2.75, 3.05) is 0 Å². The summed E-state index contributed by atoms with van der Waals surface area (Å²) in [7, 11) is 0. The van der Waals surface area contributed by atoms with Gasteiger partial charge in [0.15, 0.2) is 0 Å². The van der Waals surface area contributed by atoms with Gasteiger partial charge in [0.25, 0.3) is 11.6 Å². The Balaban J connectivity index is 1.97. The number of hydrogen-bond acceptors (Lipinski definition) is 5. The molecule has 1 N–H and O–H groups in total. The molecule has 0 bridgehead atoms. The van der Waals surface area contributed by atoms with Crippen LogP contribution < -0.4 is 5.43 Å². The summed E-state index contributed by atoms with van der Waals surface area (Å²) in [5, 5.41) is 16.5. The van der Waals surface area contributed by atoms with Crippen molar-refractivity contribution in [1.82, 2.24) is 5.43 Å². The van der Waals surface area contributed by atoms with Crippen molar-refractivity contribution in [3.63, 3.8) is 0 Å². The van der Waals surface area contributed by atoms with E-state index in [2.05, 4.69) is 10.5 Å². The van der Waals surface area contributed by atoms with Crippen molar-refractivity contribution in [3.8, 4) is 0 Å². The number of hydrazone groups is 1. The highest BCUT2D eigenvalue weighted by molar-refractivity contribution is 7.12. The van der Waals surface area contributed by atoms with Crippen LogP contribution in [-0.2, 0) is 0 Å². The summed E-state index contributed by atoms with van der Waals surface area (Å²) in [6.07, 6.45) is 4.46. The van der Waals surface area contributed by atoms with Crippen LogP contribution in [0.3, 0.4) is 0 Å². The number of nitro benzene ring substituents is 1. The molecule has 0 aliphatic heterocycles. The molecule has 1 heterocycles. The zero-order valence-corrected chi connectivity index (χ0v) is 12.5. The monoisotopic (exact) mass is 315 g/mol. The molecule has 0 spiro atoms. The molecule has 1 aromatic carbocycles. The average molecular weight is 315 g/mol. The molecule has 2 rings (SSSR count). The van der Waals surface area contributed by atoms with Gasteiger partial charge in [0.05, 0.1) is 15.4 Å². The number of carbonyl (C=O) groups excluding carboxylic acids is 1. The molecule has 2 aromatic rings. The third-order valence-electron chi connectivity index (χ3n) is 2.80. The van der Waals surface area contributed by atoms with Gasteiger partial charge in [-0.2, -0.15) is 5.10 Å².